The lowest BCUT2D eigenvalue weighted by atomic mass is 10.0. The van der Waals surface area contributed by atoms with Crippen LogP contribution in [0.25, 0.3) is 0 Å². The van der Waals surface area contributed by atoms with Crippen LogP contribution < -0.4 is 5.32 Å². The topological polar surface area (TPSA) is 95.9 Å². The Bertz CT molecular complexity index is 1210. The van der Waals surface area contributed by atoms with Crippen molar-refractivity contribution in [2.75, 3.05) is 13.2 Å². The van der Waals surface area contributed by atoms with Gasteiger partial charge in [-0.05, 0) is 51.4 Å². The van der Waals surface area contributed by atoms with Crippen LogP contribution >= 0.6 is 0 Å². The van der Waals surface area contributed by atoms with Gasteiger partial charge in [0, 0.05) is 12.8 Å². The summed E-state index contributed by atoms with van der Waals surface area (Å²) in [5, 5.41) is 23.3. The number of esters is 1. The molecule has 476 valence electrons. The third-order valence-corrected chi connectivity index (χ3v) is 17.6. The highest BCUT2D eigenvalue weighted by Gasteiger charge is 2.20. The first-order chi connectivity index (χ1) is 39.5. The Balaban J connectivity index is 3.27. The first-order valence-corrected chi connectivity index (χ1v) is 36.9. The van der Waals surface area contributed by atoms with Gasteiger partial charge in [0.25, 0.3) is 0 Å². The second-order valence-corrected chi connectivity index (χ2v) is 25.6. The molecular formula is C74H145NO5. The molecule has 3 N–H and O–H groups in total. The summed E-state index contributed by atoms with van der Waals surface area (Å²) in [6.45, 7) is 4.96. The molecule has 0 spiro atoms. The Hall–Kier alpha value is -1.40. The molecule has 0 rings (SSSR count). The summed E-state index contributed by atoms with van der Waals surface area (Å²) in [5.74, 6) is -0.0121. The van der Waals surface area contributed by atoms with Crippen molar-refractivity contribution in [1.29, 1.82) is 0 Å². The van der Waals surface area contributed by atoms with Gasteiger partial charge in [0.05, 0.1) is 25.4 Å². The average molecular weight is 1130 g/mol. The molecule has 0 saturated heterocycles. The molecule has 6 nitrogen and oxygen atoms in total. The van der Waals surface area contributed by atoms with Crippen LogP contribution in [0.4, 0.5) is 0 Å². The molecule has 0 fully saturated rings. The highest BCUT2D eigenvalue weighted by molar-refractivity contribution is 5.76. The Morgan fingerprint density at radius 2 is 0.588 bits per heavy atom. The fourth-order valence-corrected chi connectivity index (χ4v) is 11.9. The summed E-state index contributed by atoms with van der Waals surface area (Å²) in [6.07, 6.45) is 87.3. The van der Waals surface area contributed by atoms with Crippen molar-refractivity contribution >= 4 is 11.9 Å². The maximum Gasteiger partial charge on any atom is 0.305 e. The van der Waals surface area contributed by atoms with Crippen LogP contribution in [0.3, 0.4) is 0 Å². The van der Waals surface area contributed by atoms with Crippen LogP contribution in [0.1, 0.15) is 425 Å². The number of ether oxygens (including phenoxy) is 1. The summed E-state index contributed by atoms with van der Waals surface area (Å²) < 4.78 is 5.48. The number of carbonyl (C=O) groups is 2. The molecule has 2 atom stereocenters. The Kier molecular flexibility index (Phi) is 68.9. The Labute approximate surface area is 501 Å². The number of aliphatic hydroxyl groups excluding tert-OH is 2. The van der Waals surface area contributed by atoms with Gasteiger partial charge in [0.2, 0.25) is 5.91 Å². The third kappa shape index (κ3) is 65.7. The minimum Gasteiger partial charge on any atom is -0.466 e. The molecule has 2 unspecified atom stereocenters. The van der Waals surface area contributed by atoms with Gasteiger partial charge >= 0.3 is 5.97 Å². The number of hydrogen-bond acceptors (Lipinski definition) is 5. The minimum atomic E-state index is -0.658. The van der Waals surface area contributed by atoms with Crippen molar-refractivity contribution in [3.63, 3.8) is 0 Å². The number of rotatable bonds is 70. The molecule has 0 aliphatic carbocycles. The van der Waals surface area contributed by atoms with E-state index >= 15 is 0 Å². The molecular weight excluding hydrogens is 983 g/mol. The fraction of sp³-hybridized carbons (Fsp3) is 0.946. The zero-order valence-corrected chi connectivity index (χ0v) is 54.6. The van der Waals surface area contributed by atoms with Gasteiger partial charge in [0.1, 0.15) is 0 Å². The molecule has 0 aromatic rings. The van der Waals surface area contributed by atoms with Crippen LogP contribution in [-0.2, 0) is 14.3 Å². The molecule has 1 amide bonds. The van der Waals surface area contributed by atoms with Gasteiger partial charge in [-0.3, -0.25) is 9.59 Å². The molecule has 0 aromatic carbocycles. The molecule has 0 aromatic heterocycles. The van der Waals surface area contributed by atoms with E-state index in [1.807, 2.05) is 0 Å². The highest BCUT2D eigenvalue weighted by atomic mass is 16.5. The van der Waals surface area contributed by atoms with Crippen molar-refractivity contribution in [2.45, 2.75) is 437 Å². The van der Waals surface area contributed by atoms with Crippen LogP contribution in [0.2, 0.25) is 0 Å². The van der Waals surface area contributed by atoms with E-state index in [1.54, 1.807) is 0 Å². The summed E-state index contributed by atoms with van der Waals surface area (Å²) in [6, 6.07) is -0.535. The largest absolute Gasteiger partial charge is 0.466 e. The monoisotopic (exact) mass is 1130 g/mol. The van der Waals surface area contributed by atoms with E-state index in [1.165, 1.54) is 347 Å². The van der Waals surface area contributed by atoms with E-state index in [0.717, 1.165) is 44.9 Å². The molecule has 0 radical (unpaired) electrons. The molecule has 0 aliphatic rings. The summed E-state index contributed by atoms with van der Waals surface area (Å²) in [4.78, 5) is 24.5. The molecule has 0 heterocycles. The van der Waals surface area contributed by atoms with Gasteiger partial charge in [0.15, 0.2) is 0 Å². The number of carbonyl (C=O) groups excluding carboxylic acids is 2. The maximum absolute atomic E-state index is 12.5. The average Bonchev–Trinajstić information content (AvgIpc) is 3.46. The van der Waals surface area contributed by atoms with Gasteiger partial charge in [-0.25, -0.2) is 0 Å². The van der Waals surface area contributed by atoms with Gasteiger partial charge in [-0.15, -0.1) is 0 Å². The number of hydrogen-bond donors (Lipinski definition) is 3. The smallest absolute Gasteiger partial charge is 0.305 e. The predicted molar refractivity (Wildman–Crippen MR) is 352 cm³/mol. The van der Waals surface area contributed by atoms with Gasteiger partial charge in [-0.1, -0.05) is 373 Å². The molecule has 6 heteroatoms. The van der Waals surface area contributed by atoms with E-state index in [0.29, 0.717) is 25.9 Å². The van der Waals surface area contributed by atoms with E-state index in [4.69, 9.17) is 4.74 Å². The van der Waals surface area contributed by atoms with Crippen molar-refractivity contribution < 1.29 is 24.5 Å². The van der Waals surface area contributed by atoms with Crippen molar-refractivity contribution in [3.8, 4) is 0 Å². The number of allylic oxidation sites excluding steroid dienone is 2. The standard InChI is InChI=1S/C74H145NO5/c1-3-5-7-9-11-13-15-46-50-54-58-62-66-72(77)71(70-76)75-73(78)67-63-59-55-51-47-44-42-40-38-36-34-32-30-28-26-24-22-20-18-17-19-21-23-25-27-29-31-33-35-37-39-41-43-45-49-53-57-61-65-69-80-74(79)68-64-60-56-52-48-16-14-12-10-8-6-4-2/h12,14,71-72,76-77H,3-11,13,15-70H2,1-2H3,(H,75,78)/b14-12-. The zero-order chi connectivity index (χ0) is 57.8. The van der Waals surface area contributed by atoms with Crippen molar-refractivity contribution in [1.82, 2.24) is 5.32 Å². The fourth-order valence-electron chi connectivity index (χ4n) is 11.9. The summed E-state index contributed by atoms with van der Waals surface area (Å²) >= 11 is 0. The van der Waals surface area contributed by atoms with Gasteiger partial charge < -0.3 is 20.3 Å². The van der Waals surface area contributed by atoms with Gasteiger partial charge in [-0.2, -0.15) is 0 Å². The Morgan fingerprint density at radius 1 is 0.338 bits per heavy atom. The lowest BCUT2D eigenvalue weighted by molar-refractivity contribution is -0.143. The first-order valence-electron chi connectivity index (χ1n) is 36.9. The van der Waals surface area contributed by atoms with E-state index in [-0.39, 0.29) is 18.5 Å². The zero-order valence-electron chi connectivity index (χ0n) is 54.6. The quantitative estimate of drug-likeness (QED) is 0.0320. The molecule has 0 bridgehead atoms. The molecule has 80 heavy (non-hydrogen) atoms. The first kappa shape index (κ1) is 78.6. The summed E-state index contributed by atoms with van der Waals surface area (Å²) in [5.41, 5.74) is 0. The number of aliphatic hydroxyl groups is 2. The lowest BCUT2D eigenvalue weighted by Crippen LogP contribution is -2.45. The molecule has 0 saturated carbocycles. The number of amides is 1. The second-order valence-electron chi connectivity index (χ2n) is 25.6. The third-order valence-electron chi connectivity index (χ3n) is 17.6. The second kappa shape index (κ2) is 70.1. The lowest BCUT2D eigenvalue weighted by Gasteiger charge is -2.22. The maximum atomic E-state index is 12.5. The van der Waals surface area contributed by atoms with Crippen LogP contribution in [0.5, 0.6) is 0 Å². The SMILES string of the molecule is CCCCC/C=C\CCCCCCCC(=O)OCCCCCCCCCCCCCCCCCCCCCCCCCCCCCCCCCCCCCCCCCC(=O)NC(CO)C(O)CCCCCCCCCCCCCC. The highest BCUT2D eigenvalue weighted by Crippen LogP contribution is 2.20. The van der Waals surface area contributed by atoms with Crippen LogP contribution in [0, 0.1) is 0 Å². The predicted octanol–water partition coefficient (Wildman–Crippen LogP) is 23.9. The van der Waals surface area contributed by atoms with E-state index < -0.39 is 12.1 Å². The normalized spacial score (nSPS) is 12.5. The van der Waals surface area contributed by atoms with Crippen molar-refractivity contribution in [2.24, 2.45) is 0 Å². The minimum absolute atomic E-state index is 0.0146. The Morgan fingerprint density at radius 3 is 0.912 bits per heavy atom. The van der Waals surface area contributed by atoms with E-state index in [2.05, 4.69) is 31.3 Å². The summed E-state index contributed by atoms with van der Waals surface area (Å²) in [7, 11) is 0. The number of unbranched alkanes of at least 4 members (excludes halogenated alkanes) is 57. The van der Waals surface area contributed by atoms with Crippen LogP contribution in [-0.4, -0.2) is 47.4 Å². The molecule has 0 aliphatic heterocycles. The van der Waals surface area contributed by atoms with Crippen LogP contribution in [0.15, 0.2) is 12.2 Å². The van der Waals surface area contributed by atoms with Crippen molar-refractivity contribution in [3.05, 3.63) is 12.2 Å². The number of nitrogens with one attached hydrogen (secondary N) is 1. The van der Waals surface area contributed by atoms with E-state index in [9.17, 15) is 19.8 Å².